The summed E-state index contributed by atoms with van der Waals surface area (Å²) in [6, 6.07) is 5.39. The quantitative estimate of drug-likeness (QED) is 0.665. The highest BCUT2D eigenvalue weighted by atomic mass is 19.1. The zero-order chi connectivity index (χ0) is 8.55. The number of hydrogen-bond acceptors (Lipinski definition) is 0. The van der Waals surface area contributed by atoms with Crippen LogP contribution in [0.1, 0.15) is 12.5 Å². The van der Waals surface area contributed by atoms with Crippen LogP contribution in [0.4, 0.5) is 4.39 Å². The number of aromatic amines is 1. The van der Waals surface area contributed by atoms with Crippen LogP contribution in [0.5, 0.6) is 0 Å². The first-order valence-electron chi connectivity index (χ1n) is 4.07. The van der Waals surface area contributed by atoms with Crippen LogP contribution in [-0.2, 0) is 6.42 Å². The number of fused-ring (bicyclic) bond motifs is 1. The monoisotopic (exact) mass is 163 g/mol. The molecule has 0 aliphatic heterocycles. The Bertz CT molecular complexity index is 403. The lowest BCUT2D eigenvalue weighted by molar-refractivity contribution is 0.614. The fraction of sp³-hybridized carbons (Fsp3) is 0.200. The second-order valence-electron chi connectivity index (χ2n) is 2.86. The summed E-state index contributed by atoms with van der Waals surface area (Å²) in [5.41, 5.74) is 1.65. The molecule has 2 aromatic rings. The topological polar surface area (TPSA) is 15.8 Å². The summed E-state index contributed by atoms with van der Waals surface area (Å²) in [6.45, 7) is 1.96. The summed E-state index contributed by atoms with van der Waals surface area (Å²) in [6.07, 6.45) is 2.57. The highest BCUT2D eigenvalue weighted by molar-refractivity contribution is 5.80. The van der Waals surface area contributed by atoms with E-state index in [1.165, 1.54) is 0 Å². The molecule has 0 saturated carbocycles. The third kappa shape index (κ3) is 0.998. The first kappa shape index (κ1) is 7.35. The minimum absolute atomic E-state index is 0.118. The van der Waals surface area contributed by atoms with Crippen molar-refractivity contribution in [3.8, 4) is 0 Å². The summed E-state index contributed by atoms with van der Waals surface area (Å²) in [4.78, 5) is 2.97. The van der Waals surface area contributed by atoms with Gasteiger partial charge < -0.3 is 4.98 Å². The fourth-order valence-electron chi connectivity index (χ4n) is 1.39. The van der Waals surface area contributed by atoms with E-state index in [-0.39, 0.29) is 5.82 Å². The van der Waals surface area contributed by atoms with E-state index in [0.717, 1.165) is 22.9 Å². The van der Waals surface area contributed by atoms with Crippen molar-refractivity contribution in [2.75, 3.05) is 0 Å². The van der Waals surface area contributed by atoms with E-state index in [0.29, 0.717) is 0 Å². The fourth-order valence-corrected chi connectivity index (χ4v) is 1.39. The van der Waals surface area contributed by atoms with E-state index in [4.69, 9.17) is 0 Å². The summed E-state index contributed by atoms with van der Waals surface area (Å²) in [5, 5.41) is 1.08. The van der Waals surface area contributed by atoms with Gasteiger partial charge in [0.15, 0.2) is 0 Å². The van der Waals surface area contributed by atoms with Crippen molar-refractivity contribution >= 4 is 10.9 Å². The minimum Gasteiger partial charge on any atom is -0.361 e. The highest BCUT2D eigenvalue weighted by Crippen LogP contribution is 2.17. The van der Waals surface area contributed by atoms with Crippen molar-refractivity contribution in [1.82, 2.24) is 4.98 Å². The number of halogens is 1. The molecule has 0 fully saturated rings. The molecule has 0 amide bonds. The van der Waals surface area contributed by atoms with E-state index in [1.807, 2.05) is 25.3 Å². The van der Waals surface area contributed by atoms with Crippen molar-refractivity contribution < 1.29 is 4.39 Å². The Balaban J connectivity index is 2.73. The van der Waals surface area contributed by atoms with Gasteiger partial charge in [0, 0.05) is 11.7 Å². The maximum Gasteiger partial charge on any atom is 0.128 e. The summed E-state index contributed by atoms with van der Waals surface area (Å²) in [7, 11) is 0. The summed E-state index contributed by atoms with van der Waals surface area (Å²) < 4.78 is 13.2. The molecular weight excluding hydrogens is 153 g/mol. The Morgan fingerprint density at radius 3 is 3.00 bits per heavy atom. The number of nitrogens with one attached hydrogen (secondary N) is 1. The Hall–Kier alpha value is -1.31. The third-order valence-corrected chi connectivity index (χ3v) is 2.10. The van der Waals surface area contributed by atoms with Gasteiger partial charge in [0.1, 0.15) is 5.82 Å². The predicted molar refractivity (Wildman–Crippen MR) is 47.6 cm³/mol. The van der Waals surface area contributed by atoms with Gasteiger partial charge in [-0.2, -0.15) is 0 Å². The van der Waals surface area contributed by atoms with Crippen molar-refractivity contribution in [3.63, 3.8) is 0 Å². The molecule has 0 unspecified atom stereocenters. The first-order chi connectivity index (χ1) is 5.81. The van der Waals surface area contributed by atoms with Gasteiger partial charge in [0.05, 0.1) is 0 Å². The SMILES string of the molecule is CCc1cc2cc[nH]c2cc1F. The zero-order valence-electron chi connectivity index (χ0n) is 6.89. The molecule has 0 aliphatic carbocycles. The molecule has 0 radical (unpaired) electrons. The number of aryl methyl sites for hydroxylation is 1. The van der Waals surface area contributed by atoms with Gasteiger partial charge in [0.2, 0.25) is 0 Å². The molecule has 0 spiro atoms. The number of aromatic nitrogens is 1. The molecule has 0 saturated heterocycles. The molecule has 0 aliphatic rings. The minimum atomic E-state index is -0.118. The largest absolute Gasteiger partial charge is 0.361 e. The van der Waals surface area contributed by atoms with Crippen LogP contribution in [-0.4, -0.2) is 4.98 Å². The van der Waals surface area contributed by atoms with E-state index >= 15 is 0 Å². The van der Waals surface area contributed by atoms with Crippen molar-refractivity contribution in [2.45, 2.75) is 13.3 Å². The van der Waals surface area contributed by atoms with Crippen LogP contribution in [0.2, 0.25) is 0 Å². The molecule has 1 nitrogen and oxygen atoms in total. The van der Waals surface area contributed by atoms with Gasteiger partial charge in [-0.3, -0.25) is 0 Å². The second kappa shape index (κ2) is 2.63. The summed E-state index contributed by atoms with van der Waals surface area (Å²) >= 11 is 0. The van der Waals surface area contributed by atoms with Crippen LogP contribution in [0.15, 0.2) is 24.4 Å². The Labute approximate surface area is 70.2 Å². The van der Waals surface area contributed by atoms with E-state index in [1.54, 1.807) is 6.07 Å². The lowest BCUT2D eigenvalue weighted by atomic mass is 10.1. The van der Waals surface area contributed by atoms with Gasteiger partial charge in [0.25, 0.3) is 0 Å². The average molecular weight is 163 g/mol. The van der Waals surface area contributed by atoms with E-state index in [2.05, 4.69) is 4.98 Å². The van der Waals surface area contributed by atoms with Gasteiger partial charge in [-0.15, -0.1) is 0 Å². The highest BCUT2D eigenvalue weighted by Gasteiger charge is 2.02. The van der Waals surface area contributed by atoms with Crippen molar-refractivity contribution in [1.29, 1.82) is 0 Å². The zero-order valence-corrected chi connectivity index (χ0v) is 6.89. The standard InChI is InChI=1S/C10H10FN/c1-2-7-5-8-3-4-12-10(8)6-9(7)11/h3-6,12H,2H2,1H3. The molecule has 0 atom stereocenters. The molecule has 0 bridgehead atoms. The molecular formula is C10H10FN. The van der Waals surface area contributed by atoms with Crippen LogP contribution >= 0.6 is 0 Å². The van der Waals surface area contributed by atoms with Crippen LogP contribution in [0.25, 0.3) is 10.9 Å². The molecule has 1 N–H and O–H groups in total. The Kier molecular flexibility index (Phi) is 1.61. The van der Waals surface area contributed by atoms with Gasteiger partial charge in [-0.25, -0.2) is 4.39 Å². The molecule has 2 rings (SSSR count). The number of H-pyrrole nitrogens is 1. The number of rotatable bonds is 1. The molecule has 2 heteroatoms. The van der Waals surface area contributed by atoms with Crippen LogP contribution < -0.4 is 0 Å². The van der Waals surface area contributed by atoms with Crippen LogP contribution in [0, 0.1) is 5.82 Å². The molecule has 1 aromatic heterocycles. The molecule has 1 aromatic carbocycles. The predicted octanol–water partition coefficient (Wildman–Crippen LogP) is 2.87. The number of hydrogen-bond donors (Lipinski definition) is 1. The van der Waals surface area contributed by atoms with Gasteiger partial charge in [-0.1, -0.05) is 6.92 Å². The Morgan fingerprint density at radius 2 is 2.25 bits per heavy atom. The molecule has 62 valence electrons. The maximum absolute atomic E-state index is 13.2. The normalized spacial score (nSPS) is 10.8. The average Bonchev–Trinajstić information content (AvgIpc) is 2.49. The third-order valence-electron chi connectivity index (χ3n) is 2.10. The summed E-state index contributed by atoms with van der Waals surface area (Å²) in [5.74, 6) is -0.118. The van der Waals surface area contributed by atoms with Crippen LogP contribution in [0.3, 0.4) is 0 Å². The Morgan fingerprint density at radius 1 is 1.42 bits per heavy atom. The lowest BCUT2D eigenvalue weighted by Crippen LogP contribution is -1.86. The first-order valence-corrected chi connectivity index (χ1v) is 4.07. The van der Waals surface area contributed by atoms with Gasteiger partial charge in [-0.05, 0) is 35.6 Å². The molecule has 1 heterocycles. The smallest absolute Gasteiger partial charge is 0.128 e. The lowest BCUT2D eigenvalue weighted by Gasteiger charge is -1.98. The van der Waals surface area contributed by atoms with Crippen molar-refractivity contribution in [2.24, 2.45) is 0 Å². The number of benzene rings is 1. The second-order valence-corrected chi connectivity index (χ2v) is 2.86. The van der Waals surface area contributed by atoms with Gasteiger partial charge >= 0.3 is 0 Å². The molecule has 12 heavy (non-hydrogen) atoms. The van der Waals surface area contributed by atoms with E-state index in [9.17, 15) is 4.39 Å². The van der Waals surface area contributed by atoms with E-state index < -0.39 is 0 Å². The van der Waals surface area contributed by atoms with Crippen molar-refractivity contribution in [3.05, 3.63) is 35.8 Å². The maximum atomic E-state index is 13.2.